The molecule has 3 rings (SSSR count). The Bertz CT molecular complexity index is 646. The number of hydrogen-bond acceptors (Lipinski definition) is 3. The number of para-hydroxylation sites is 1. The summed E-state index contributed by atoms with van der Waals surface area (Å²) in [5, 5.41) is 13.6. The van der Waals surface area contributed by atoms with Gasteiger partial charge in [-0.1, -0.05) is 18.2 Å². The van der Waals surface area contributed by atoms with Gasteiger partial charge in [0, 0.05) is 18.8 Å². The molecule has 0 aliphatic carbocycles. The molecule has 2 aromatic carbocycles. The molecular formula is C18H20N2O2S. The molecule has 1 saturated heterocycles. The second-order valence-electron chi connectivity index (χ2n) is 5.61. The van der Waals surface area contributed by atoms with Gasteiger partial charge in [-0.3, -0.25) is 0 Å². The molecule has 23 heavy (non-hydrogen) atoms. The zero-order chi connectivity index (χ0) is 16.1. The van der Waals surface area contributed by atoms with Crippen LogP contribution in [0, 0.1) is 0 Å². The first-order valence-corrected chi connectivity index (χ1v) is 8.18. The van der Waals surface area contributed by atoms with E-state index in [1.165, 1.54) is 0 Å². The van der Waals surface area contributed by atoms with Crippen molar-refractivity contribution >= 4 is 23.0 Å². The van der Waals surface area contributed by atoms with Gasteiger partial charge >= 0.3 is 0 Å². The molecule has 1 aliphatic heterocycles. The summed E-state index contributed by atoms with van der Waals surface area (Å²) < 4.78 is 5.76. The summed E-state index contributed by atoms with van der Waals surface area (Å²) in [7, 11) is 0. The summed E-state index contributed by atoms with van der Waals surface area (Å²) in [6.07, 6.45) is 1.53. The van der Waals surface area contributed by atoms with E-state index >= 15 is 0 Å². The number of benzene rings is 2. The summed E-state index contributed by atoms with van der Waals surface area (Å²) in [5.74, 6) is 1.59. The highest BCUT2D eigenvalue weighted by Gasteiger charge is 2.19. The van der Waals surface area contributed by atoms with Gasteiger partial charge in [-0.05, 0) is 61.5 Å². The van der Waals surface area contributed by atoms with Crippen LogP contribution in [0.25, 0.3) is 0 Å². The van der Waals surface area contributed by atoms with Crippen molar-refractivity contribution in [2.45, 2.75) is 18.9 Å². The van der Waals surface area contributed by atoms with Gasteiger partial charge in [0.2, 0.25) is 0 Å². The Balaban J connectivity index is 1.58. The number of likely N-dealkylation sites (tertiary alicyclic amines) is 1. The van der Waals surface area contributed by atoms with Crippen molar-refractivity contribution in [3.63, 3.8) is 0 Å². The highest BCUT2D eigenvalue weighted by molar-refractivity contribution is 7.80. The molecule has 0 radical (unpaired) electrons. The Morgan fingerprint density at radius 1 is 1.09 bits per heavy atom. The van der Waals surface area contributed by atoms with E-state index in [0.29, 0.717) is 11.7 Å². The molecule has 1 aliphatic rings. The van der Waals surface area contributed by atoms with Gasteiger partial charge in [0.15, 0.2) is 5.11 Å². The summed E-state index contributed by atoms with van der Waals surface area (Å²) in [6, 6.07) is 17.4. The van der Waals surface area contributed by atoms with Crippen molar-refractivity contribution in [2.75, 3.05) is 18.4 Å². The van der Waals surface area contributed by atoms with Crippen molar-refractivity contribution in [2.24, 2.45) is 0 Å². The van der Waals surface area contributed by atoms with E-state index in [0.717, 1.165) is 36.6 Å². The lowest BCUT2D eigenvalue weighted by Gasteiger charge is -2.32. The van der Waals surface area contributed by atoms with Crippen LogP contribution in [0.2, 0.25) is 0 Å². The molecule has 0 spiro atoms. The number of piperidine rings is 1. The van der Waals surface area contributed by atoms with E-state index in [1.807, 2.05) is 59.5 Å². The standard InChI is InChI=1S/C18H20N2O2S/c21-15-5-4-12-20(13-15)18(23)19-14-8-10-17(11-9-14)22-16-6-2-1-3-7-16/h1-3,6-11,15,21H,4-5,12-13H2,(H,19,23)/t15-/m1/s1. The normalized spacial score (nSPS) is 17.6. The van der Waals surface area contributed by atoms with Gasteiger partial charge in [0.05, 0.1) is 6.10 Å². The predicted octanol–water partition coefficient (Wildman–Crippen LogP) is 3.63. The minimum atomic E-state index is -0.287. The summed E-state index contributed by atoms with van der Waals surface area (Å²) in [5.41, 5.74) is 0.912. The third kappa shape index (κ3) is 4.43. The number of nitrogens with one attached hydrogen (secondary N) is 1. The van der Waals surface area contributed by atoms with Crippen molar-refractivity contribution in [1.82, 2.24) is 4.90 Å². The van der Waals surface area contributed by atoms with E-state index in [-0.39, 0.29) is 6.10 Å². The van der Waals surface area contributed by atoms with Crippen LogP contribution in [0.15, 0.2) is 54.6 Å². The van der Waals surface area contributed by atoms with Crippen LogP contribution < -0.4 is 10.1 Å². The largest absolute Gasteiger partial charge is 0.457 e. The van der Waals surface area contributed by atoms with Crippen molar-refractivity contribution < 1.29 is 9.84 Å². The van der Waals surface area contributed by atoms with Crippen LogP contribution in [-0.2, 0) is 0 Å². The molecule has 0 bridgehead atoms. The monoisotopic (exact) mass is 328 g/mol. The number of aliphatic hydroxyl groups excluding tert-OH is 1. The number of anilines is 1. The minimum Gasteiger partial charge on any atom is -0.457 e. The first kappa shape index (κ1) is 15.8. The van der Waals surface area contributed by atoms with Crippen molar-refractivity contribution in [3.8, 4) is 11.5 Å². The van der Waals surface area contributed by atoms with Gasteiger partial charge < -0.3 is 20.1 Å². The molecule has 1 atom stereocenters. The third-order valence-corrected chi connectivity index (χ3v) is 4.13. The topological polar surface area (TPSA) is 44.7 Å². The summed E-state index contributed by atoms with van der Waals surface area (Å²) in [4.78, 5) is 2.01. The molecule has 0 amide bonds. The van der Waals surface area contributed by atoms with E-state index in [2.05, 4.69) is 5.32 Å². The van der Waals surface area contributed by atoms with E-state index in [1.54, 1.807) is 0 Å². The SMILES string of the molecule is O[C@@H]1CCCN(C(=S)Nc2ccc(Oc3ccccc3)cc2)C1. The fourth-order valence-corrected chi connectivity index (χ4v) is 2.86. The van der Waals surface area contributed by atoms with Crippen LogP contribution in [0.4, 0.5) is 5.69 Å². The van der Waals surface area contributed by atoms with Gasteiger partial charge in [-0.25, -0.2) is 0 Å². The van der Waals surface area contributed by atoms with Gasteiger partial charge in [-0.2, -0.15) is 0 Å². The molecule has 0 saturated carbocycles. The number of rotatable bonds is 3. The minimum absolute atomic E-state index is 0.287. The Labute approximate surface area is 141 Å². The predicted molar refractivity (Wildman–Crippen MR) is 96.0 cm³/mol. The number of ether oxygens (including phenoxy) is 1. The Hall–Kier alpha value is -2.11. The van der Waals surface area contributed by atoms with Crippen molar-refractivity contribution in [3.05, 3.63) is 54.6 Å². The summed E-state index contributed by atoms with van der Waals surface area (Å²) >= 11 is 5.42. The first-order valence-electron chi connectivity index (χ1n) is 7.78. The highest BCUT2D eigenvalue weighted by Crippen LogP contribution is 2.23. The molecule has 0 unspecified atom stereocenters. The van der Waals surface area contributed by atoms with E-state index < -0.39 is 0 Å². The zero-order valence-corrected chi connectivity index (χ0v) is 13.6. The van der Waals surface area contributed by atoms with E-state index in [9.17, 15) is 5.11 Å². The second kappa shape index (κ2) is 7.44. The van der Waals surface area contributed by atoms with Gasteiger partial charge in [-0.15, -0.1) is 0 Å². The maximum atomic E-state index is 9.73. The van der Waals surface area contributed by atoms with Gasteiger partial charge in [0.1, 0.15) is 11.5 Å². The molecule has 1 heterocycles. The molecule has 2 aromatic rings. The molecule has 2 N–H and O–H groups in total. The maximum Gasteiger partial charge on any atom is 0.173 e. The van der Waals surface area contributed by atoms with Crippen LogP contribution in [-0.4, -0.2) is 34.3 Å². The fraction of sp³-hybridized carbons (Fsp3) is 0.278. The molecule has 5 heteroatoms. The zero-order valence-electron chi connectivity index (χ0n) is 12.8. The lowest BCUT2D eigenvalue weighted by Crippen LogP contribution is -2.44. The first-order chi connectivity index (χ1) is 11.2. The fourth-order valence-electron chi connectivity index (χ4n) is 2.57. The molecule has 4 nitrogen and oxygen atoms in total. The maximum absolute atomic E-state index is 9.73. The summed E-state index contributed by atoms with van der Waals surface area (Å²) in [6.45, 7) is 1.49. The van der Waals surface area contributed by atoms with Crippen molar-refractivity contribution in [1.29, 1.82) is 0 Å². The average Bonchev–Trinajstić information content (AvgIpc) is 2.57. The Kier molecular flexibility index (Phi) is 5.10. The van der Waals surface area contributed by atoms with E-state index in [4.69, 9.17) is 17.0 Å². The highest BCUT2D eigenvalue weighted by atomic mass is 32.1. The van der Waals surface area contributed by atoms with Crippen LogP contribution >= 0.6 is 12.2 Å². The smallest absolute Gasteiger partial charge is 0.173 e. The number of aliphatic hydroxyl groups is 1. The van der Waals surface area contributed by atoms with Gasteiger partial charge in [0.25, 0.3) is 0 Å². The number of β-amino-alcohol motifs (C(OH)–C–C–N with tert-alkyl or cyclic N) is 1. The number of thiocarbonyl (C=S) groups is 1. The second-order valence-corrected chi connectivity index (χ2v) is 6.00. The lowest BCUT2D eigenvalue weighted by atomic mass is 10.1. The molecular weight excluding hydrogens is 308 g/mol. The molecule has 120 valence electrons. The van der Waals surface area contributed by atoms with Crippen LogP contribution in [0.5, 0.6) is 11.5 Å². The van der Waals surface area contributed by atoms with Crippen LogP contribution in [0.1, 0.15) is 12.8 Å². The average molecular weight is 328 g/mol. The third-order valence-electron chi connectivity index (χ3n) is 3.77. The Morgan fingerprint density at radius 2 is 1.78 bits per heavy atom. The number of hydrogen-bond donors (Lipinski definition) is 2. The lowest BCUT2D eigenvalue weighted by molar-refractivity contribution is 0.104. The molecule has 1 fully saturated rings. The number of nitrogens with zero attached hydrogens (tertiary/aromatic N) is 1. The molecule has 0 aromatic heterocycles. The Morgan fingerprint density at radius 3 is 2.48 bits per heavy atom. The van der Waals surface area contributed by atoms with Crippen LogP contribution in [0.3, 0.4) is 0 Å². The quantitative estimate of drug-likeness (QED) is 0.843.